The van der Waals surface area contributed by atoms with Crippen molar-refractivity contribution in [2.24, 2.45) is 4.99 Å². The largest absolute Gasteiger partial charge is 0.287 e. The number of hydrogen-bond acceptors (Lipinski definition) is 3. The van der Waals surface area contributed by atoms with Gasteiger partial charge in [-0.05, 0) is 61.0 Å². The Balaban J connectivity index is 1.96. The molecule has 0 aliphatic carbocycles. The second-order valence-corrected chi connectivity index (χ2v) is 7.32. The Morgan fingerprint density at radius 2 is 2.00 bits per heavy atom. The van der Waals surface area contributed by atoms with Crippen LogP contribution in [0.4, 0.5) is 5.69 Å². The molecule has 2 aromatic rings. The lowest BCUT2D eigenvalue weighted by molar-refractivity contribution is -0.122. The summed E-state index contributed by atoms with van der Waals surface area (Å²) in [4.78, 5) is 19.8. The van der Waals surface area contributed by atoms with E-state index in [9.17, 15) is 4.79 Å². The van der Waals surface area contributed by atoms with E-state index in [2.05, 4.69) is 15.9 Å². The molecule has 24 heavy (non-hydrogen) atoms. The van der Waals surface area contributed by atoms with Crippen LogP contribution in [0.3, 0.4) is 0 Å². The number of amidine groups is 1. The Morgan fingerprint density at radius 1 is 1.21 bits per heavy atom. The van der Waals surface area contributed by atoms with Crippen LogP contribution < -0.4 is 0 Å². The van der Waals surface area contributed by atoms with E-state index < -0.39 is 0 Å². The summed E-state index contributed by atoms with van der Waals surface area (Å²) in [7, 11) is 0. The Hall–Kier alpha value is -1.85. The third kappa shape index (κ3) is 3.62. The topological polar surface area (TPSA) is 32.7 Å². The summed E-state index contributed by atoms with van der Waals surface area (Å²) in [5, 5.41) is 0.734. The molecule has 2 aromatic carbocycles. The number of thioether (sulfide) groups is 1. The number of aliphatic imine (C=N–C) groups is 1. The molecule has 0 atom stereocenters. The SMILES string of the molecule is CCN1C(=O)/C(=C\c2cccc(Br)c2)SC1=Nc1ccccc1C. The number of nitrogens with zero attached hydrogens (tertiary/aromatic N) is 2. The summed E-state index contributed by atoms with van der Waals surface area (Å²) in [5.41, 5.74) is 2.99. The monoisotopic (exact) mass is 400 g/mol. The number of likely N-dealkylation sites (N-methyl/N-ethyl adjacent to an activating group) is 1. The Morgan fingerprint density at radius 3 is 2.71 bits per heavy atom. The molecule has 1 saturated heterocycles. The van der Waals surface area contributed by atoms with Crippen molar-refractivity contribution >= 4 is 50.5 Å². The van der Waals surface area contributed by atoms with Crippen LogP contribution in [0.5, 0.6) is 0 Å². The molecule has 1 aliphatic rings. The van der Waals surface area contributed by atoms with Gasteiger partial charge in [-0.1, -0.05) is 46.3 Å². The maximum absolute atomic E-state index is 12.7. The van der Waals surface area contributed by atoms with Crippen molar-refractivity contribution < 1.29 is 4.79 Å². The lowest BCUT2D eigenvalue weighted by Crippen LogP contribution is -2.28. The van der Waals surface area contributed by atoms with Crippen LogP contribution in [0.1, 0.15) is 18.1 Å². The molecule has 0 N–H and O–H groups in total. The molecule has 0 saturated carbocycles. The van der Waals surface area contributed by atoms with Gasteiger partial charge in [0.05, 0.1) is 10.6 Å². The van der Waals surface area contributed by atoms with Crippen LogP contribution in [-0.4, -0.2) is 22.5 Å². The number of aryl methyl sites for hydroxylation is 1. The van der Waals surface area contributed by atoms with Gasteiger partial charge in [-0.15, -0.1) is 0 Å². The fraction of sp³-hybridized carbons (Fsp3) is 0.158. The van der Waals surface area contributed by atoms with Gasteiger partial charge in [0.2, 0.25) is 0 Å². The predicted octanol–water partition coefficient (Wildman–Crippen LogP) is 5.38. The number of carbonyl (C=O) groups excluding carboxylic acids is 1. The minimum Gasteiger partial charge on any atom is -0.287 e. The van der Waals surface area contributed by atoms with Crippen molar-refractivity contribution in [1.29, 1.82) is 0 Å². The summed E-state index contributed by atoms with van der Waals surface area (Å²) in [5.74, 6) is 0.00908. The fourth-order valence-corrected chi connectivity index (χ4v) is 3.88. The average molecular weight is 401 g/mol. The zero-order valence-electron chi connectivity index (χ0n) is 13.5. The van der Waals surface area contributed by atoms with Gasteiger partial charge >= 0.3 is 0 Å². The molecule has 1 fully saturated rings. The van der Waals surface area contributed by atoms with Gasteiger partial charge in [0.25, 0.3) is 5.91 Å². The van der Waals surface area contributed by atoms with Crippen LogP contribution in [-0.2, 0) is 4.79 Å². The van der Waals surface area contributed by atoms with E-state index in [0.29, 0.717) is 11.4 Å². The lowest BCUT2D eigenvalue weighted by atomic mass is 10.2. The molecule has 1 heterocycles. The fourth-order valence-electron chi connectivity index (χ4n) is 2.41. The third-order valence-electron chi connectivity index (χ3n) is 3.68. The normalized spacial score (nSPS) is 18.0. The molecule has 0 radical (unpaired) electrons. The van der Waals surface area contributed by atoms with Gasteiger partial charge in [0.1, 0.15) is 0 Å². The summed E-state index contributed by atoms with van der Waals surface area (Å²) < 4.78 is 0.994. The first-order chi connectivity index (χ1) is 11.6. The molecular formula is C19H17BrN2OS. The summed E-state index contributed by atoms with van der Waals surface area (Å²) >= 11 is 4.89. The standard InChI is InChI=1S/C19H17BrN2OS/c1-3-22-18(23)17(12-14-8-6-9-15(20)11-14)24-19(22)21-16-10-5-4-7-13(16)2/h4-12H,3H2,1-2H3/b17-12+,21-19?. The number of rotatable bonds is 3. The van der Waals surface area contributed by atoms with Crippen molar-refractivity contribution in [2.75, 3.05) is 6.54 Å². The Bertz CT molecular complexity index is 845. The quantitative estimate of drug-likeness (QED) is 0.647. The second kappa shape index (κ2) is 7.36. The van der Waals surface area contributed by atoms with Crippen molar-refractivity contribution in [3.05, 3.63) is 69.0 Å². The number of benzene rings is 2. The van der Waals surface area contributed by atoms with Crippen molar-refractivity contribution in [3.8, 4) is 0 Å². The Labute approximate surface area is 154 Å². The van der Waals surface area contributed by atoms with E-state index in [-0.39, 0.29) is 5.91 Å². The highest BCUT2D eigenvalue weighted by Crippen LogP contribution is 2.34. The number of halogens is 1. The smallest absolute Gasteiger partial charge is 0.266 e. The van der Waals surface area contributed by atoms with E-state index in [4.69, 9.17) is 4.99 Å². The minimum atomic E-state index is 0.00908. The van der Waals surface area contributed by atoms with Gasteiger partial charge in [0.15, 0.2) is 5.17 Å². The molecule has 0 unspecified atom stereocenters. The van der Waals surface area contributed by atoms with Gasteiger partial charge < -0.3 is 0 Å². The predicted molar refractivity (Wildman–Crippen MR) is 105 cm³/mol. The van der Waals surface area contributed by atoms with E-state index in [1.54, 1.807) is 4.90 Å². The van der Waals surface area contributed by atoms with Crippen LogP contribution in [0.15, 0.2) is 62.9 Å². The highest BCUT2D eigenvalue weighted by Gasteiger charge is 2.32. The van der Waals surface area contributed by atoms with E-state index in [0.717, 1.165) is 26.5 Å². The third-order valence-corrected chi connectivity index (χ3v) is 5.18. The molecule has 0 spiro atoms. The minimum absolute atomic E-state index is 0.00908. The van der Waals surface area contributed by atoms with Crippen LogP contribution >= 0.6 is 27.7 Å². The second-order valence-electron chi connectivity index (χ2n) is 5.40. The van der Waals surface area contributed by atoms with Gasteiger partial charge in [-0.2, -0.15) is 0 Å². The van der Waals surface area contributed by atoms with Gasteiger partial charge in [0, 0.05) is 11.0 Å². The summed E-state index contributed by atoms with van der Waals surface area (Å²) in [6, 6.07) is 15.8. The zero-order valence-corrected chi connectivity index (χ0v) is 15.9. The van der Waals surface area contributed by atoms with Crippen molar-refractivity contribution in [2.45, 2.75) is 13.8 Å². The number of carbonyl (C=O) groups is 1. The van der Waals surface area contributed by atoms with Crippen molar-refractivity contribution in [1.82, 2.24) is 4.90 Å². The average Bonchev–Trinajstić information content (AvgIpc) is 2.85. The molecule has 1 amide bonds. The molecular weight excluding hydrogens is 384 g/mol. The summed E-state index contributed by atoms with van der Waals surface area (Å²) in [6.45, 7) is 4.59. The van der Waals surface area contributed by atoms with Crippen LogP contribution in [0.2, 0.25) is 0 Å². The van der Waals surface area contributed by atoms with E-state index >= 15 is 0 Å². The maximum Gasteiger partial charge on any atom is 0.266 e. The lowest BCUT2D eigenvalue weighted by Gasteiger charge is -2.12. The first-order valence-electron chi connectivity index (χ1n) is 7.70. The highest BCUT2D eigenvalue weighted by atomic mass is 79.9. The number of para-hydroxylation sites is 1. The molecule has 1 aliphatic heterocycles. The van der Waals surface area contributed by atoms with Gasteiger partial charge in [-0.3, -0.25) is 9.69 Å². The first kappa shape index (κ1) is 17.0. The molecule has 3 nitrogen and oxygen atoms in total. The number of amides is 1. The molecule has 0 bridgehead atoms. The summed E-state index contributed by atoms with van der Waals surface area (Å²) in [6.07, 6.45) is 1.92. The molecule has 122 valence electrons. The van der Waals surface area contributed by atoms with E-state index in [1.165, 1.54) is 11.8 Å². The van der Waals surface area contributed by atoms with Gasteiger partial charge in [-0.25, -0.2) is 4.99 Å². The van der Waals surface area contributed by atoms with Crippen LogP contribution in [0.25, 0.3) is 6.08 Å². The van der Waals surface area contributed by atoms with Crippen molar-refractivity contribution in [3.63, 3.8) is 0 Å². The molecule has 3 rings (SSSR count). The zero-order chi connectivity index (χ0) is 17.1. The molecule has 0 aromatic heterocycles. The highest BCUT2D eigenvalue weighted by molar-refractivity contribution is 9.10. The first-order valence-corrected chi connectivity index (χ1v) is 9.30. The Kier molecular flexibility index (Phi) is 5.21. The van der Waals surface area contributed by atoms with Crippen LogP contribution in [0, 0.1) is 6.92 Å². The van der Waals surface area contributed by atoms with E-state index in [1.807, 2.05) is 68.5 Å². The molecule has 5 heteroatoms. The maximum atomic E-state index is 12.7. The number of hydrogen-bond donors (Lipinski definition) is 0.